The molecule has 1 spiro atoms. The van der Waals surface area contributed by atoms with Crippen LogP contribution >= 0.6 is 0 Å². The number of fused-ring (bicyclic) bond motifs is 1. The number of aromatic hydroxyl groups is 2. The number of ether oxygens (including phenoxy) is 1. The van der Waals surface area contributed by atoms with Crippen molar-refractivity contribution in [2.45, 2.75) is 110 Å². The summed E-state index contributed by atoms with van der Waals surface area (Å²) in [5, 5.41) is 21.8. The Balaban J connectivity index is 2.04. The quantitative estimate of drug-likeness (QED) is 0.437. The van der Waals surface area contributed by atoms with Gasteiger partial charge in [-0.1, -0.05) is 67.7 Å². The van der Waals surface area contributed by atoms with E-state index in [2.05, 4.69) is 54.5 Å². The van der Waals surface area contributed by atoms with Crippen molar-refractivity contribution in [3.63, 3.8) is 0 Å². The summed E-state index contributed by atoms with van der Waals surface area (Å²) in [5.41, 5.74) is 1.54. The van der Waals surface area contributed by atoms with Gasteiger partial charge in [-0.2, -0.15) is 0 Å². The summed E-state index contributed by atoms with van der Waals surface area (Å²) in [4.78, 5) is 0. The highest BCUT2D eigenvalue weighted by Gasteiger charge is 2.69. The molecule has 1 fully saturated rings. The fourth-order valence-electron chi connectivity index (χ4n) is 5.22. The first-order valence-corrected chi connectivity index (χ1v) is 10.7. The first-order valence-electron chi connectivity index (χ1n) is 10.7. The number of hydrogen-bond donors (Lipinski definition) is 2. The van der Waals surface area contributed by atoms with Crippen LogP contribution in [-0.4, -0.2) is 15.8 Å². The molecule has 2 N–H and O–H groups in total. The molecular weight excluding hydrogens is 336 g/mol. The maximum atomic E-state index is 10.9. The van der Waals surface area contributed by atoms with E-state index in [9.17, 15) is 10.2 Å². The zero-order valence-electron chi connectivity index (χ0n) is 18.3. The number of rotatable bonds is 6. The Kier molecular flexibility index (Phi) is 4.76. The average molecular weight is 375 g/mol. The summed E-state index contributed by atoms with van der Waals surface area (Å²) in [6.07, 6.45) is 7.52. The van der Waals surface area contributed by atoms with Crippen molar-refractivity contribution in [3.8, 4) is 17.2 Å². The van der Waals surface area contributed by atoms with E-state index in [0.717, 1.165) is 43.2 Å². The lowest BCUT2D eigenvalue weighted by molar-refractivity contribution is 0.0686. The van der Waals surface area contributed by atoms with Crippen molar-refractivity contribution < 1.29 is 14.9 Å². The molecule has 152 valence electrons. The molecule has 0 amide bonds. The minimum absolute atomic E-state index is 0.00181. The van der Waals surface area contributed by atoms with E-state index >= 15 is 0 Å². The van der Waals surface area contributed by atoms with Crippen LogP contribution in [0.4, 0.5) is 0 Å². The molecule has 1 aromatic carbocycles. The van der Waals surface area contributed by atoms with Gasteiger partial charge in [0.15, 0.2) is 11.5 Å². The summed E-state index contributed by atoms with van der Waals surface area (Å²) in [5.74, 6) is 0.444. The highest BCUT2D eigenvalue weighted by Crippen LogP contribution is 2.69. The molecule has 0 radical (unpaired) electrons. The number of benzene rings is 1. The Morgan fingerprint density at radius 2 is 1.70 bits per heavy atom. The van der Waals surface area contributed by atoms with Gasteiger partial charge in [-0.15, -0.1) is 0 Å². The summed E-state index contributed by atoms with van der Waals surface area (Å²) < 4.78 is 6.44. The van der Waals surface area contributed by atoms with E-state index in [1.54, 1.807) is 0 Å². The summed E-state index contributed by atoms with van der Waals surface area (Å²) in [6.45, 7) is 15.5. The van der Waals surface area contributed by atoms with Crippen LogP contribution in [0.2, 0.25) is 0 Å². The van der Waals surface area contributed by atoms with Crippen molar-refractivity contribution in [2.24, 2.45) is 5.41 Å². The third-order valence-corrected chi connectivity index (χ3v) is 7.55. The highest BCUT2D eigenvalue weighted by atomic mass is 16.5. The molecule has 2 unspecified atom stereocenters. The van der Waals surface area contributed by atoms with Crippen LogP contribution in [-0.2, 0) is 10.8 Å². The van der Waals surface area contributed by atoms with E-state index in [1.807, 2.05) is 0 Å². The van der Waals surface area contributed by atoms with Gasteiger partial charge < -0.3 is 14.9 Å². The molecule has 1 saturated carbocycles. The lowest BCUT2D eigenvalue weighted by atomic mass is 9.71. The van der Waals surface area contributed by atoms with Crippen LogP contribution in [0, 0.1) is 5.41 Å². The van der Waals surface area contributed by atoms with Gasteiger partial charge in [0.05, 0.1) is 0 Å². The van der Waals surface area contributed by atoms with Gasteiger partial charge >= 0.3 is 0 Å². The maximum Gasteiger partial charge on any atom is 0.201 e. The van der Waals surface area contributed by atoms with Gasteiger partial charge in [-0.25, -0.2) is 0 Å². The predicted molar refractivity (Wildman–Crippen MR) is 111 cm³/mol. The molecule has 1 aromatic rings. The Bertz CT molecular complexity index is 734. The number of unbranched alkanes of at least 4 members (excludes halogenated alkanes) is 2. The largest absolute Gasteiger partial charge is 0.504 e. The fourth-order valence-corrected chi connectivity index (χ4v) is 5.22. The lowest BCUT2D eigenvalue weighted by Crippen LogP contribution is -2.39. The van der Waals surface area contributed by atoms with Crippen molar-refractivity contribution in [3.05, 3.63) is 17.2 Å². The molecule has 0 aromatic heterocycles. The molecule has 3 heteroatoms. The van der Waals surface area contributed by atoms with Gasteiger partial charge in [0.1, 0.15) is 5.60 Å². The first-order chi connectivity index (χ1) is 12.4. The van der Waals surface area contributed by atoms with E-state index in [0.29, 0.717) is 5.75 Å². The molecule has 3 rings (SSSR count). The maximum absolute atomic E-state index is 10.9. The zero-order valence-corrected chi connectivity index (χ0v) is 18.3. The molecule has 2 atom stereocenters. The standard InChI is InChI=1S/C24H38O3/c1-8-10-11-12-21(3,4)16-13-17-20(19(26)18(16)25)27-24(14-22(17,5)6)15-23(24,7)9-2/h13,25-26H,8-12,14-15H2,1-7H3. The first kappa shape index (κ1) is 20.4. The van der Waals surface area contributed by atoms with Gasteiger partial charge in [-0.05, 0) is 42.6 Å². The summed E-state index contributed by atoms with van der Waals surface area (Å²) in [6, 6.07) is 2.11. The minimum Gasteiger partial charge on any atom is -0.504 e. The Labute approximate surface area is 165 Å². The van der Waals surface area contributed by atoms with Gasteiger partial charge in [-0.3, -0.25) is 0 Å². The third-order valence-electron chi connectivity index (χ3n) is 7.55. The smallest absolute Gasteiger partial charge is 0.201 e. The monoisotopic (exact) mass is 374 g/mol. The van der Waals surface area contributed by atoms with Crippen LogP contribution < -0.4 is 4.74 Å². The second-order valence-electron chi connectivity index (χ2n) is 10.6. The lowest BCUT2D eigenvalue weighted by Gasteiger charge is -2.41. The van der Waals surface area contributed by atoms with Crippen molar-refractivity contribution >= 4 is 0 Å². The molecule has 1 heterocycles. The molecule has 1 aliphatic heterocycles. The fraction of sp³-hybridized carbons (Fsp3) is 0.750. The Hall–Kier alpha value is -1.38. The van der Waals surface area contributed by atoms with Gasteiger partial charge in [0.2, 0.25) is 5.75 Å². The second-order valence-corrected chi connectivity index (χ2v) is 10.6. The molecule has 27 heavy (non-hydrogen) atoms. The predicted octanol–water partition coefficient (Wildman–Crippen LogP) is 6.57. The normalized spacial score (nSPS) is 28.7. The van der Waals surface area contributed by atoms with E-state index in [-0.39, 0.29) is 33.3 Å². The van der Waals surface area contributed by atoms with Crippen molar-refractivity contribution in [1.29, 1.82) is 0 Å². The van der Waals surface area contributed by atoms with E-state index in [4.69, 9.17) is 4.74 Å². The molecule has 0 saturated heterocycles. The Morgan fingerprint density at radius 1 is 1.04 bits per heavy atom. The summed E-state index contributed by atoms with van der Waals surface area (Å²) in [7, 11) is 0. The van der Waals surface area contributed by atoms with Gasteiger partial charge in [0, 0.05) is 16.5 Å². The van der Waals surface area contributed by atoms with Crippen LogP contribution in [0.15, 0.2) is 6.07 Å². The Morgan fingerprint density at radius 3 is 2.26 bits per heavy atom. The van der Waals surface area contributed by atoms with Crippen molar-refractivity contribution in [1.82, 2.24) is 0 Å². The van der Waals surface area contributed by atoms with Crippen molar-refractivity contribution in [2.75, 3.05) is 0 Å². The topological polar surface area (TPSA) is 49.7 Å². The van der Waals surface area contributed by atoms with E-state index in [1.165, 1.54) is 12.8 Å². The van der Waals surface area contributed by atoms with Crippen LogP contribution in [0.25, 0.3) is 0 Å². The zero-order chi connectivity index (χ0) is 20.3. The second kappa shape index (κ2) is 6.32. The number of phenols is 2. The molecule has 3 nitrogen and oxygen atoms in total. The average Bonchev–Trinajstić information content (AvgIpc) is 3.13. The molecular formula is C24H38O3. The number of hydrogen-bond acceptors (Lipinski definition) is 3. The molecule has 1 aliphatic carbocycles. The van der Waals surface area contributed by atoms with Gasteiger partial charge in [0.25, 0.3) is 0 Å². The minimum atomic E-state index is -0.208. The molecule has 0 bridgehead atoms. The highest BCUT2D eigenvalue weighted by molar-refractivity contribution is 5.63. The van der Waals surface area contributed by atoms with E-state index < -0.39 is 0 Å². The molecule has 2 aliphatic rings. The third kappa shape index (κ3) is 3.11. The summed E-state index contributed by atoms with van der Waals surface area (Å²) >= 11 is 0. The van der Waals surface area contributed by atoms with Crippen LogP contribution in [0.5, 0.6) is 17.2 Å². The SMILES string of the molecule is CCCCCC(C)(C)c1cc2c(c(O)c1O)OC1(CC2(C)C)CC1(C)CC. The van der Waals surface area contributed by atoms with Crippen LogP contribution in [0.1, 0.15) is 105 Å². The van der Waals surface area contributed by atoms with Crippen LogP contribution in [0.3, 0.4) is 0 Å². The number of phenolic OH excluding ortho intramolecular Hbond substituents is 2.